The second kappa shape index (κ2) is 19.0. The maximum Gasteiger partial charge on any atom is 0.210 e. The van der Waals surface area contributed by atoms with E-state index < -0.39 is 0 Å². The number of unbranched alkanes of at least 4 members (excludes halogenated alkanes) is 16. The van der Waals surface area contributed by atoms with Crippen LogP contribution in [0.4, 0.5) is 0 Å². The van der Waals surface area contributed by atoms with E-state index >= 15 is 0 Å². The summed E-state index contributed by atoms with van der Waals surface area (Å²) in [6.45, 7) is 2.90. The summed E-state index contributed by atoms with van der Waals surface area (Å²) >= 11 is 0. The Labute approximate surface area is 130 Å². The largest absolute Gasteiger partial charge is 0.396 e. The van der Waals surface area contributed by atoms with Gasteiger partial charge in [0.05, 0.1) is 0 Å². The van der Waals surface area contributed by atoms with E-state index in [2.05, 4.69) is 12.0 Å². The molecule has 0 aromatic carbocycles. The summed E-state index contributed by atoms with van der Waals surface area (Å²) in [5, 5.41) is 4.32. The lowest BCUT2D eigenvalue weighted by Crippen LogP contribution is -1.85. The minimum absolute atomic E-state index is 0.610. The lowest BCUT2D eigenvalue weighted by Gasteiger charge is -2.03. The van der Waals surface area contributed by atoms with Crippen LogP contribution in [0.3, 0.4) is 0 Å². The summed E-state index contributed by atoms with van der Waals surface area (Å²) in [4.78, 5) is 0. The van der Waals surface area contributed by atoms with Gasteiger partial charge in [0.2, 0.25) is 1.43 Å². The van der Waals surface area contributed by atoms with E-state index in [0.29, 0.717) is 6.61 Å². The lowest BCUT2D eigenvalue weighted by molar-refractivity contribution is 0.282. The number of aliphatic hydroxyl groups is 1. The third-order valence-electron chi connectivity index (χ3n) is 4.25. The van der Waals surface area contributed by atoms with Crippen LogP contribution in [-0.4, -0.2) is 13.1 Å². The SMILES string of the molecule is [3H]OCCCCCCCCCCCCCCCCCCC. The molecule has 0 rings (SSSR count). The molecule has 0 aliphatic heterocycles. The number of hydrogen-bond acceptors (Lipinski definition) is 1. The number of aliphatic hydroxyl groups excluding tert-OH is 1. The molecule has 0 atom stereocenters. The third kappa shape index (κ3) is 18.0. The topological polar surface area (TPSA) is 20.2 Å². The van der Waals surface area contributed by atoms with Gasteiger partial charge < -0.3 is 5.11 Å². The van der Waals surface area contributed by atoms with E-state index in [1.54, 1.807) is 0 Å². The van der Waals surface area contributed by atoms with Gasteiger partial charge in [-0.25, -0.2) is 0 Å². The molecule has 0 saturated carbocycles. The Balaban J connectivity index is 2.90. The standard InChI is InChI=1S/C19H40O/c1-2-3-4-5-6-7-8-9-10-11-12-13-14-15-16-17-18-19-20/h20H,2-19H2,1H3/i20T. The van der Waals surface area contributed by atoms with Gasteiger partial charge in [0.1, 0.15) is 0 Å². The molecule has 0 aromatic rings. The van der Waals surface area contributed by atoms with Crippen molar-refractivity contribution in [2.75, 3.05) is 6.61 Å². The van der Waals surface area contributed by atoms with Gasteiger partial charge >= 0.3 is 0 Å². The van der Waals surface area contributed by atoms with Gasteiger partial charge in [-0.2, -0.15) is 0 Å². The second-order valence-electron chi connectivity index (χ2n) is 6.36. The predicted octanol–water partition coefficient (Wildman–Crippen LogP) is 6.63. The van der Waals surface area contributed by atoms with Crippen LogP contribution in [0, 0.1) is 0 Å². The Hall–Kier alpha value is -0.0400. The minimum Gasteiger partial charge on any atom is -0.396 e. The average Bonchev–Trinajstić information content (AvgIpc) is 2.50. The van der Waals surface area contributed by atoms with E-state index in [1.165, 1.54) is 103 Å². The molecule has 0 spiro atoms. The first-order valence-corrected chi connectivity index (χ1v) is 9.50. The highest BCUT2D eigenvalue weighted by Crippen LogP contribution is 2.13. The molecule has 0 fully saturated rings. The molecule has 0 amide bonds. The van der Waals surface area contributed by atoms with E-state index in [4.69, 9.17) is 1.43 Å². The van der Waals surface area contributed by atoms with Crippen molar-refractivity contribution in [1.29, 1.82) is 1.43 Å². The summed E-state index contributed by atoms with van der Waals surface area (Å²) < 4.78 is 6.59. The zero-order valence-corrected chi connectivity index (χ0v) is 14.1. The summed E-state index contributed by atoms with van der Waals surface area (Å²) in [6, 6.07) is 0. The van der Waals surface area contributed by atoms with Gasteiger partial charge in [-0.15, -0.1) is 0 Å². The van der Waals surface area contributed by atoms with Crippen molar-refractivity contribution in [2.24, 2.45) is 0 Å². The second-order valence-corrected chi connectivity index (χ2v) is 6.36. The molecule has 0 aromatic heterocycles. The fourth-order valence-corrected chi connectivity index (χ4v) is 2.83. The van der Waals surface area contributed by atoms with Crippen molar-refractivity contribution < 1.29 is 5.11 Å². The van der Waals surface area contributed by atoms with Crippen molar-refractivity contribution >= 4 is 0 Å². The van der Waals surface area contributed by atoms with Gasteiger partial charge in [-0.3, -0.25) is 0 Å². The smallest absolute Gasteiger partial charge is 0.210 e. The van der Waals surface area contributed by atoms with Crippen LogP contribution in [-0.2, 0) is 0 Å². The first-order valence-electron chi connectivity index (χ1n) is 9.90. The summed E-state index contributed by atoms with van der Waals surface area (Å²) in [6.07, 6.45) is 23.7. The fourth-order valence-electron chi connectivity index (χ4n) is 2.83. The molecular weight excluding hydrogens is 244 g/mol. The van der Waals surface area contributed by atoms with Gasteiger partial charge in [0.25, 0.3) is 0 Å². The van der Waals surface area contributed by atoms with Gasteiger partial charge in [-0.1, -0.05) is 110 Å². The highest BCUT2D eigenvalue weighted by molar-refractivity contribution is 4.49. The summed E-state index contributed by atoms with van der Waals surface area (Å²) in [5.74, 6) is 0. The molecule has 0 saturated heterocycles. The summed E-state index contributed by atoms with van der Waals surface area (Å²) in [5.41, 5.74) is 0. The molecule has 1 heteroatoms. The Bertz CT molecular complexity index is 155. The van der Waals surface area contributed by atoms with Crippen molar-refractivity contribution in [3.05, 3.63) is 0 Å². The van der Waals surface area contributed by atoms with E-state index in [-0.39, 0.29) is 0 Å². The van der Waals surface area contributed by atoms with Crippen LogP contribution in [0.15, 0.2) is 0 Å². The monoisotopic (exact) mass is 286 g/mol. The Morgan fingerprint density at radius 3 is 1.10 bits per heavy atom. The molecule has 20 heavy (non-hydrogen) atoms. The fraction of sp³-hybridized carbons (Fsp3) is 1.00. The van der Waals surface area contributed by atoms with E-state index in [0.717, 1.165) is 6.42 Å². The van der Waals surface area contributed by atoms with Crippen molar-refractivity contribution in [2.45, 2.75) is 116 Å². The molecule has 0 aliphatic carbocycles. The van der Waals surface area contributed by atoms with Crippen molar-refractivity contribution in [3.63, 3.8) is 0 Å². The number of hydrogen-bond donors (Lipinski definition) is 1. The third-order valence-corrected chi connectivity index (χ3v) is 4.25. The van der Waals surface area contributed by atoms with Crippen LogP contribution < -0.4 is 0 Å². The maximum atomic E-state index is 6.59. The maximum absolute atomic E-state index is 6.59. The molecule has 0 unspecified atom stereocenters. The van der Waals surface area contributed by atoms with Crippen LogP contribution in [0.25, 0.3) is 0 Å². The lowest BCUT2D eigenvalue weighted by atomic mass is 10.0. The molecule has 0 aliphatic rings. The normalized spacial score (nSPS) is 11.8. The molecule has 0 bridgehead atoms. The number of rotatable bonds is 18. The van der Waals surface area contributed by atoms with Crippen LogP contribution in [0.1, 0.15) is 116 Å². The zero-order valence-electron chi connectivity index (χ0n) is 15.1. The Kier molecular flexibility index (Phi) is 17.1. The Morgan fingerprint density at radius 2 is 0.800 bits per heavy atom. The van der Waals surface area contributed by atoms with E-state index in [1.807, 2.05) is 0 Å². The highest BCUT2D eigenvalue weighted by atomic mass is 16.2. The minimum atomic E-state index is 0.610. The van der Waals surface area contributed by atoms with Crippen molar-refractivity contribution in [1.82, 2.24) is 0 Å². The molecule has 1 nitrogen and oxygen atoms in total. The summed E-state index contributed by atoms with van der Waals surface area (Å²) in [7, 11) is 0. The van der Waals surface area contributed by atoms with Crippen LogP contribution >= 0.6 is 0 Å². The van der Waals surface area contributed by atoms with Crippen LogP contribution in [0.5, 0.6) is 0 Å². The van der Waals surface area contributed by atoms with E-state index in [9.17, 15) is 0 Å². The quantitative estimate of drug-likeness (QED) is 0.280. The predicted molar refractivity (Wildman–Crippen MR) is 91.2 cm³/mol. The first-order chi connectivity index (χ1) is 10.4. The van der Waals surface area contributed by atoms with Gasteiger partial charge in [0, 0.05) is 6.61 Å². The average molecular weight is 287 g/mol. The van der Waals surface area contributed by atoms with Crippen molar-refractivity contribution in [3.8, 4) is 0 Å². The molecule has 0 heterocycles. The van der Waals surface area contributed by atoms with Crippen LogP contribution in [0.2, 0.25) is 0 Å². The van der Waals surface area contributed by atoms with Gasteiger partial charge in [-0.05, 0) is 6.42 Å². The zero-order chi connectivity index (χ0) is 15.4. The first kappa shape index (κ1) is 18.0. The molecule has 122 valence electrons. The Morgan fingerprint density at radius 1 is 0.500 bits per heavy atom. The molecule has 0 radical (unpaired) electrons. The van der Waals surface area contributed by atoms with Gasteiger partial charge in [0.15, 0.2) is 0 Å². The molecule has 1 N–H and O–H groups in total. The molecular formula is C19H40O. The highest BCUT2D eigenvalue weighted by Gasteiger charge is 1.94.